The minimum Gasteiger partial charge on any atom is -0.396 e. The minimum atomic E-state index is -0.177. The van der Waals surface area contributed by atoms with Gasteiger partial charge in [0.25, 0.3) is 0 Å². The second-order valence-corrected chi connectivity index (χ2v) is 4.16. The molecule has 0 aromatic heterocycles. The van der Waals surface area contributed by atoms with E-state index in [2.05, 4.69) is 0 Å². The molecule has 2 fully saturated rings. The Hall–Kier alpha value is -0.120. The maximum absolute atomic E-state index is 8.99. The van der Waals surface area contributed by atoms with Crippen LogP contribution in [0.4, 0.5) is 0 Å². The first-order valence-corrected chi connectivity index (χ1v) is 4.04. The third-order valence-corrected chi connectivity index (χ3v) is 2.99. The zero-order valence-corrected chi connectivity index (χ0v) is 6.55. The summed E-state index contributed by atoms with van der Waals surface area (Å²) in [6.07, 6.45) is 1.88. The summed E-state index contributed by atoms with van der Waals surface area (Å²) < 4.78 is 5.10. The van der Waals surface area contributed by atoms with Crippen molar-refractivity contribution in [2.45, 2.75) is 12.8 Å². The first-order chi connectivity index (χ1) is 5.24. The highest BCUT2D eigenvalue weighted by Gasteiger charge is 2.57. The summed E-state index contributed by atoms with van der Waals surface area (Å²) in [5, 5.41) is 18.0. The van der Waals surface area contributed by atoms with E-state index in [1.54, 1.807) is 0 Å². The van der Waals surface area contributed by atoms with E-state index in [0.717, 1.165) is 26.1 Å². The molecule has 3 nitrogen and oxygen atoms in total. The van der Waals surface area contributed by atoms with Gasteiger partial charge in [0.1, 0.15) is 0 Å². The molecule has 11 heavy (non-hydrogen) atoms. The van der Waals surface area contributed by atoms with Crippen molar-refractivity contribution in [3.63, 3.8) is 0 Å². The van der Waals surface area contributed by atoms with Gasteiger partial charge in [0.2, 0.25) is 0 Å². The zero-order chi connectivity index (χ0) is 7.95. The monoisotopic (exact) mass is 158 g/mol. The van der Waals surface area contributed by atoms with Gasteiger partial charge in [-0.2, -0.15) is 0 Å². The van der Waals surface area contributed by atoms with E-state index < -0.39 is 0 Å². The van der Waals surface area contributed by atoms with E-state index in [4.69, 9.17) is 14.9 Å². The van der Waals surface area contributed by atoms with Crippen LogP contribution in [0.3, 0.4) is 0 Å². The lowest BCUT2D eigenvalue weighted by Crippen LogP contribution is -2.60. The van der Waals surface area contributed by atoms with Crippen LogP contribution in [0.25, 0.3) is 0 Å². The normalized spacial score (nSPS) is 31.1. The van der Waals surface area contributed by atoms with Crippen LogP contribution in [0.1, 0.15) is 12.8 Å². The predicted octanol–water partition coefficient (Wildman–Crippen LogP) is -0.232. The molecule has 0 amide bonds. The van der Waals surface area contributed by atoms with Crippen LogP contribution < -0.4 is 0 Å². The Bertz CT molecular complexity index is 149. The fourth-order valence-electron chi connectivity index (χ4n) is 2.41. The second-order valence-electron chi connectivity index (χ2n) is 4.16. The first-order valence-electron chi connectivity index (χ1n) is 4.04. The van der Waals surface area contributed by atoms with E-state index in [9.17, 15) is 0 Å². The number of aliphatic hydroxyl groups excluding tert-OH is 2. The third-order valence-electron chi connectivity index (χ3n) is 2.99. The van der Waals surface area contributed by atoms with Crippen molar-refractivity contribution in [2.24, 2.45) is 10.8 Å². The van der Waals surface area contributed by atoms with Gasteiger partial charge in [0, 0.05) is 10.8 Å². The SMILES string of the molecule is OCC1(CO)CC2(COC2)C1. The molecule has 0 bridgehead atoms. The zero-order valence-electron chi connectivity index (χ0n) is 6.55. The number of aliphatic hydroxyl groups is 2. The molecule has 2 aliphatic rings. The van der Waals surface area contributed by atoms with Crippen molar-refractivity contribution in [3.8, 4) is 0 Å². The maximum atomic E-state index is 8.99. The van der Waals surface area contributed by atoms with Crippen molar-refractivity contribution < 1.29 is 14.9 Å². The summed E-state index contributed by atoms with van der Waals surface area (Å²) in [4.78, 5) is 0. The topological polar surface area (TPSA) is 49.7 Å². The number of rotatable bonds is 2. The number of hydrogen-bond acceptors (Lipinski definition) is 3. The summed E-state index contributed by atoms with van der Waals surface area (Å²) in [6.45, 7) is 1.89. The fraction of sp³-hybridized carbons (Fsp3) is 1.00. The molecule has 0 radical (unpaired) electrons. The van der Waals surface area contributed by atoms with E-state index in [0.29, 0.717) is 5.41 Å². The van der Waals surface area contributed by atoms with Gasteiger partial charge in [0.05, 0.1) is 26.4 Å². The Kier molecular flexibility index (Phi) is 1.50. The molecular formula is C8H14O3. The fourth-order valence-corrected chi connectivity index (χ4v) is 2.41. The minimum absolute atomic E-state index is 0.116. The molecule has 3 heteroatoms. The summed E-state index contributed by atoms with van der Waals surface area (Å²) in [7, 11) is 0. The van der Waals surface area contributed by atoms with Gasteiger partial charge in [-0.25, -0.2) is 0 Å². The molecular weight excluding hydrogens is 144 g/mol. The second kappa shape index (κ2) is 2.19. The Morgan fingerprint density at radius 1 is 1.09 bits per heavy atom. The summed E-state index contributed by atoms with van der Waals surface area (Å²) >= 11 is 0. The Morgan fingerprint density at radius 3 is 1.91 bits per heavy atom. The van der Waals surface area contributed by atoms with Crippen LogP contribution in [0.2, 0.25) is 0 Å². The lowest BCUT2D eigenvalue weighted by Gasteiger charge is -2.59. The molecule has 0 atom stereocenters. The smallest absolute Gasteiger partial charge is 0.0545 e. The van der Waals surface area contributed by atoms with E-state index in [1.165, 1.54) is 0 Å². The molecule has 1 saturated carbocycles. The Balaban J connectivity index is 1.93. The van der Waals surface area contributed by atoms with Crippen LogP contribution in [0.5, 0.6) is 0 Å². The largest absolute Gasteiger partial charge is 0.396 e. The molecule has 0 unspecified atom stereocenters. The van der Waals surface area contributed by atoms with Gasteiger partial charge in [-0.1, -0.05) is 0 Å². The molecule has 1 heterocycles. The van der Waals surface area contributed by atoms with Crippen molar-refractivity contribution in [1.29, 1.82) is 0 Å². The molecule has 1 spiro atoms. The third kappa shape index (κ3) is 0.916. The van der Waals surface area contributed by atoms with Crippen LogP contribution in [0.15, 0.2) is 0 Å². The molecule has 2 N–H and O–H groups in total. The predicted molar refractivity (Wildman–Crippen MR) is 39.1 cm³/mol. The molecule has 1 saturated heterocycles. The molecule has 0 aromatic rings. The van der Waals surface area contributed by atoms with Crippen molar-refractivity contribution in [3.05, 3.63) is 0 Å². The maximum Gasteiger partial charge on any atom is 0.0545 e. The van der Waals surface area contributed by atoms with Gasteiger partial charge < -0.3 is 14.9 Å². The van der Waals surface area contributed by atoms with Crippen LogP contribution in [-0.2, 0) is 4.74 Å². The van der Waals surface area contributed by atoms with E-state index >= 15 is 0 Å². The average Bonchev–Trinajstić information content (AvgIpc) is 1.85. The lowest BCUT2D eigenvalue weighted by atomic mass is 9.52. The standard InChI is InChI=1S/C8H14O3/c9-3-7(4-10)1-8(2-7)5-11-6-8/h9-10H,1-6H2. The lowest BCUT2D eigenvalue weighted by molar-refractivity contribution is -0.229. The van der Waals surface area contributed by atoms with Gasteiger partial charge in [-0.15, -0.1) is 0 Å². The van der Waals surface area contributed by atoms with Gasteiger partial charge in [0.15, 0.2) is 0 Å². The van der Waals surface area contributed by atoms with E-state index in [-0.39, 0.29) is 18.6 Å². The highest BCUT2D eigenvalue weighted by Crippen LogP contribution is 2.57. The van der Waals surface area contributed by atoms with E-state index in [1.807, 2.05) is 0 Å². The summed E-state index contributed by atoms with van der Waals surface area (Å²) in [5.41, 5.74) is 0.162. The number of hydrogen-bond donors (Lipinski definition) is 2. The van der Waals surface area contributed by atoms with Crippen LogP contribution in [0, 0.1) is 10.8 Å². The Morgan fingerprint density at radius 2 is 1.64 bits per heavy atom. The summed E-state index contributed by atoms with van der Waals surface area (Å²) in [6, 6.07) is 0. The van der Waals surface area contributed by atoms with Crippen LogP contribution >= 0.6 is 0 Å². The quantitative estimate of drug-likeness (QED) is 0.583. The van der Waals surface area contributed by atoms with Crippen LogP contribution in [-0.4, -0.2) is 36.6 Å². The Labute approximate surface area is 66.0 Å². The first kappa shape index (κ1) is 7.53. The molecule has 2 rings (SSSR count). The van der Waals surface area contributed by atoms with Gasteiger partial charge in [-0.3, -0.25) is 0 Å². The molecule has 1 aliphatic heterocycles. The van der Waals surface area contributed by atoms with Crippen molar-refractivity contribution in [2.75, 3.05) is 26.4 Å². The molecule has 64 valence electrons. The van der Waals surface area contributed by atoms with Crippen molar-refractivity contribution >= 4 is 0 Å². The number of ether oxygens (including phenoxy) is 1. The van der Waals surface area contributed by atoms with Crippen molar-refractivity contribution in [1.82, 2.24) is 0 Å². The van der Waals surface area contributed by atoms with Gasteiger partial charge in [-0.05, 0) is 12.8 Å². The summed E-state index contributed by atoms with van der Waals surface area (Å²) in [5.74, 6) is 0. The molecule has 1 aliphatic carbocycles. The highest BCUT2D eigenvalue weighted by molar-refractivity contribution is 5.06. The van der Waals surface area contributed by atoms with Gasteiger partial charge >= 0.3 is 0 Å². The highest BCUT2D eigenvalue weighted by atomic mass is 16.5. The average molecular weight is 158 g/mol. The molecule has 0 aromatic carbocycles.